The first-order valence-corrected chi connectivity index (χ1v) is 10.8. The SMILES string of the molecule is FC(F)(F)c1ccc(/C=C/c2nc3c(N4CCCC4)ncnc3n2Cc2ccccc2)cc1. The van der Waals surface area contributed by atoms with E-state index in [2.05, 4.69) is 14.9 Å². The summed E-state index contributed by atoms with van der Waals surface area (Å²) in [6.45, 7) is 2.45. The van der Waals surface area contributed by atoms with Gasteiger partial charge in [-0.1, -0.05) is 48.5 Å². The Kier molecular flexibility index (Phi) is 5.58. The molecule has 2 aromatic carbocycles. The predicted octanol–water partition coefficient (Wildman–Crippen LogP) is 5.66. The topological polar surface area (TPSA) is 46.8 Å². The predicted molar refractivity (Wildman–Crippen MR) is 123 cm³/mol. The molecule has 0 atom stereocenters. The second-order valence-corrected chi connectivity index (χ2v) is 8.06. The molecule has 8 heteroatoms. The molecule has 0 saturated carbocycles. The lowest BCUT2D eigenvalue weighted by Gasteiger charge is -2.15. The van der Waals surface area contributed by atoms with Gasteiger partial charge >= 0.3 is 6.18 Å². The number of imidazole rings is 1. The van der Waals surface area contributed by atoms with Crippen LogP contribution in [0.3, 0.4) is 0 Å². The first kappa shape index (κ1) is 21.2. The summed E-state index contributed by atoms with van der Waals surface area (Å²) in [6.07, 6.45) is 3.06. The van der Waals surface area contributed by atoms with Crippen LogP contribution in [0.4, 0.5) is 19.0 Å². The summed E-state index contributed by atoms with van der Waals surface area (Å²) < 4.78 is 40.6. The molecule has 33 heavy (non-hydrogen) atoms. The second kappa shape index (κ2) is 8.69. The molecule has 0 N–H and O–H groups in total. The number of fused-ring (bicyclic) bond motifs is 1. The lowest BCUT2D eigenvalue weighted by molar-refractivity contribution is -0.137. The summed E-state index contributed by atoms with van der Waals surface area (Å²) in [7, 11) is 0. The Morgan fingerprint density at radius 2 is 1.61 bits per heavy atom. The summed E-state index contributed by atoms with van der Waals surface area (Å²) in [5.41, 5.74) is 2.57. The molecule has 1 fully saturated rings. The van der Waals surface area contributed by atoms with Gasteiger partial charge in [-0.05, 0) is 42.2 Å². The van der Waals surface area contributed by atoms with Crippen molar-refractivity contribution in [3.8, 4) is 0 Å². The Balaban J connectivity index is 1.55. The summed E-state index contributed by atoms with van der Waals surface area (Å²) in [6, 6.07) is 15.1. The molecule has 168 valence electrons. The molecule has 0 unspecified atom stereocenters. The van der Waals surface area contributed by atoms with Crippen LogP contribution < -0.4 is 4.90 Å². The van der Waals surface area contributed by atoms with Crippen molar-refractivity contribution in [2.24, 2.45) is 0 Å². The molecular weight excluding hydrogens is 427 g/mol. The molecule has 1 saturated heterocycles. The van der Waals surface area contributed by atoms with Gasteiger partial charge in [-0.15, -0.1) is 0 Å². The molecule has 0 amide bonds. The van der Waals surface area contributed by atoms with Crippen LogP contribution in [0.1, 0.15) is 35.4 Å². The molecule has 0 aliphatic carbocycles. The van der Waals surface area contributed by atoms with Gasteiger partial charge in [0.2, 0.25) is 0 Å². The fourth-order valence-electron chi connectivity index (χ4n) is 4.10. The number of alkyl halides is 3. The summed E-state index contributed by atoms with van der Waals surface area (Å²) in [4.78, 5) is 16.1. The van der Waals surface area contributed by atoms with Gasteiger partial charge in [0.05, 0.1) is 12.1 Å². The van der Waals surface area contributed by atoms with E-state index in [1.54, 1.807) is 12.4 Å². The van der Waals surface area contributed by atoms with Crippen LogP contribution in [-0.4, -0.2) is 32.6 Å². The summed E-state index contributed by atoms with van der Waals surface area (Å²) >= 11 is 0. The molecule has 5 rings (SSSR count). The maximum absolute atomic E-state index is 12.9. The standard InChI is InChI=1S/C25H22F3N5/c26-25(27,28)20-11-8-18(9-12-20)10-13-21-31-22-23(32-14-4-5-15-32)29-17-30-24(22)33(21)16-19-6-2-1-3-7-19/h1-3,6-13,17H,4-5,14-16H2/b13-10+. The van der Waals surface area contributed by atoms with Gasteiger partial charge in [0.25, 0.3) is 0 Å². The minimum Gasteiger partial charge on any atom is -0.355 e. The lowest BCUT2D eigenvalue weighted by atomic mass is 10.1. The maximum Gasteiger partial charge on any atom is 0.416 e. The van der Waals surface area contributed by atoms with Gasteiger partial charge in [-0.2, -0.15) is 13.2 Å². The fraction of sp³-hybridized carbons (Fsp3) is 0.240. The summed E-state index contributed by atoms with van der Waals surface area (Å²) in [5.74, 6) is 1.50. The number of hydrogen-bond acceptors (Lipinski definition) is 4. The van der Waals surface area contributed by atoms with Gasteiger partial charge < -0.3 is 9.47 Å². The van der Waals surface area contributed by atoms with Crippen LogP contribution in [0.5, 0.6) is 0 Å². The van der Waals surface area contributed by atoms with Crippen molar-refractivity contribution >= 4 is 29.1 Å². The highest BCUT2D eigenvalue weighted by molar-refractivity contribution is 5.86. The van der Waals surface area contributed by atoms with E-state index in [-0.39, 0.29) is 0 Å². The molecule has 0 spiro atoms. The summed E-state index contributed by atoms with van der Waals surface area (Å²) in [5, 5.41) is 0. The van der Waals surface area contributed by atoms with Crippen molar-refractivity contribution in [1.29, 1.82) is 0 Å². The van der Waals surface area contributed by atoms with Gasteiger partial charge in [-0.3, -0.25) is 0 Å². The Bertz CT molecular complexity index is 1270. The van der Waals surface area contributed by atoms with E-state index >= 15 is 0 Å². The van der Waals surface area contributed by atoms with Crippen molar-refractivity contribution in [1.82, 2.24) is 19.5 Å². The smallest absolute Gasteiger partial charge is 0.355 e. The number of halogens is 3. The maximum atomic E-state index is 12.9. The van der Waals surface area contributed by atoms with Crippen LogP contribution in [0.25, 0.3) is 23.3 Å². The quantitative estimate of drug-likeness (QED) is 0.394. The van der Waals surface area contributed by atoms with Crippen molar-refractivity contribution in [2.75, 3.05) is 18.0 Å². The Morgan fingerprint density at radius 3 is 2.30 bits per heavy atom. The van der Waals surface area contributed by atoms with E-state index in [4.69, 9.17) is 4.98 Å². The highest BCUT2D eigenvalue weighted by Crippen LogP contribution is 2.30. The molecule has 4 aromatic rings. The normalized spacial score (nSPS) is 14.6. The molecule has 1 aliphatic rings. The van der Waals surface area contributed by atoms with Crippen LogP contribution in [-0.2, 0) is 12.7 Å². The van der Waals surface area contributed by atoms with Gasteiger partial charge in [0, 0.05) is 13.1 Å². The monoisotopic (exact) mass is 449 g/mol. The lowest BCUT2D eigenvalue weighted by Crippen LogP contribution is -2.19. The van der Waals surface area contributed by atoms with Crippen LogP contribution in [0.15, 0.2) is 60.9 Å². The van der Waals surface area contributed by atoms with Crippen molar-refractivity contribution in [3.05, 3.63) is 83.4 Å². The second-order valence-electron chi connectivity index (χ2n) is 8.06. The fourth-order valence-corrected chi connectivity index (χ4v) is 4.10. The van der Waals surface area contributed by atoms with Crippen molar-refractivity contribution in [2.45, 2.75) is 25.6 Å². The highest BCUT2D eigenvalue weighted by Gasteiger charge is 2.29. The Hall–Kier alpha value is -3.68. The van der Waals surface area contributed by atoms with Crippen molar-refractivity contribution in [3.63, 3.8) is 0 Å². The van der Waals surface area contributed by atoms with Gasteiger partial charge in [0.15, 0.2) is 17.0 Å². The highest BCUT2D eigenvalue weighted by atomic mass is 19.4. The molecule has 1 aliphatic heterocycles. The number of nitrogens with zero attached hydrogens (tertiary/aromatic N) is 5. The van der Waals surface area contributed by atoms with Crippen LogP contribution >= 0.6 is 0 Å². The number of anilines is 1. The van der Waals surface area contributed by atoms with E-state index in [0.717, 1.165) is 60.6 Å². The molecule has 2 aromatic heterocycles. The number of benzene rings is 2. The Morgan fingerprint density at radius 1 is 0.879 bits per heavy atom. The molecule has 5 nitrogen and oxygen atoms in total. The number of hydrogen-bond donors (Lipinski definition) is 0. The first-order chi connectivity index (χ1) is 16.0. The zero-order valence-corrected chi connectivity index (χ0v) is 17.8. The third kappa shape index (κ3) is 4.46. The van der Waals surface area contributed by atoms with E-state index in [1.165, 1.54) is 12.1 Å². The largest absolute Gasteiger partial charge is 0.416 e. The zero-order chi connectivity index (χ0) is 22.8. The molecule has 0 bridgehead atoms. The van der Waals surface area contributed by atoms with Gasteiger partial charge in [-0.25, -0.2) is 15.0 Å². The minimum atomic E-state index is -4.35. The van der Waals surface area contributed by atoms with Crippen LogP contribution in [0.2, 0.25) is 0 Å². The van der Waals surface area contributed by atoms with Crippen molar-refractivity contribution < 1.29 is 13.2 Å². The van der Waals surface area contributed by atoms with E-state index < -0.39 is 11.7 Å². The zero-order valence-electron chi connectivity index (χ0n) is 17.8. The average Bonchev–Trinajstić information content (AvgIpc) is 3.47. The molecule has 3 heterocycles. The number of rotatable bonds is 5. The minimum absolute atomic E-state index is 0.570. The van der Waals surface area contributed by atoms with Gasteiger partial charge in [0.1, 0.15) is 12.2 Å². The molecular formula is C25H22F3N5. The van der Waals surface area contributed by atoms with E-state index in [1.807, 2.05) is 41.0 Å². The Labute approximate surface area is 189 Å². The third-order valence-electron chi connectivity index (χ3n) is 5.79. The van der Waals surface area contributed by atoms with E-state index in [0.29, 0.717) is 17.9 Å². The number of aromatic nitrogens is 4. The average molecular weight is 449 g/mol. The third-order valence-corrected chi connectivity index (χ3v) is 5.79. The van der Waals surface area contributed by atoms with Crippen LogP contribution in [0, 0.1) is 0 Å². The molecule has 0 radical (unpaired) electrons. The first-order valence-electron chi connectivity index (χ1n) is 10.8. The van der Waals surface area contributed by atoms with E-state index in [9.17, 15) is 13.2 Å².